The van der Waals surface area contributed by atoms with Crippen molar-refractivity contribution in [2.45, 2.75) is 12.5 Å². The number of thiazole rings is 1. The van der Waals surface area contributed by atoms with Crippen LogP contribution in [0.5, 0.6) is 0 Å². The molecule has 2 aromatic heterocycles. The number of aliphatic hydroxyl groups excluding tert-OH is 1. The number of hydrogen-bond acceptors (Lipinski definition) is 7. The number of carbonyl (C=O) groups excluding carboxylic acids is 2. The van der Waals surface area contributed by atoms with E-state index in [4.69, 9.17) is 4.42 Å². The maximum Gasteiger partial charge on any atom is 0.336 e. The van der Waals surface area contributed by atoms with E-state index in [-0.39, 0.29) is 18.9 Å². The van der Waals surface area contributed by atoms with Gasteiger partial charge in [-0.1, -0.05) is 0 Å². The molecule has 2 rings (SSSR count). The first kappa shape index (κ1) is 15.2. The number of aliphatic hydroxyl groups is 1. The van der Waals surface area contributed by atoms with Crippen LogP contribution < -0.4 is 5.32 Å². The number of amides is 1. The number of hydrogen-bond donors (Lipinski definition) is 2. The van der Waals surface area contributed by atoms with Crippen LogP contribution >= 0.6 is 11.3 Å². The van der Waals surface area contributed by atoms with Crippen molar-refractivity contribution in [3.8, 4) is 10.8 Å². The predicted molar refractivity (Wildman–Crippen MR) is 74.6 cm³/mol. The first-order valence-electron chi connectivity index (χ1n) is 6.11. The Balaban J connectivity index is 1.84. The molecular weight excluding hydrogens is 296 g/mol. The van der Waals surface area contributed by atoms with Crippen molar-refractivity contribution in [1.29, 1.82) is 0 Å². The van der Waals surface area contributed by atoms with Crippen molar-refractivity contribution >= 4 is 23.2 Å². The van der Waals surface area contributed by atoms with E-state index in [1.165, 1.54) is 18.4 Å². The third kappa shape index (κ3) is 4.14. The molecule has 1 atom stereocenters. The highest BCUT2D eigenvalue weighted by Crippen LogP contribution is 2.23. The van der Waals surface area contributed by atoms with Crippen LogP contribution in [0, 0.1) is 0 Å². The Hall–Kier alpha value is -2.19. The largest absolute Gasteiger partial charge is 0.467 e. The highest BCUT2D eigenvalue weighted by Gasteiger charge is 2.17. The third-order valence-electron chi connectivity index (χ3n) is 2.59. The maximum atomic E-state index is 11.7. The molecule has 1 amide bonds. The average Bonchev–Trinajstić information content (AvgIpc) is 3.14. The highest BCUT2D eigenvalue weighted by atomic mass is 32.1. The highest BCUT2D eigenvalue weighted by molar-refractivity contribution is 7.13. The molecule has 2 heterocycles. The minimum absolute atomic E-state index is 0.0606. The van der Waals surface area contributed by atoms with Gasteiger partial charge in [-0.2, -0.15) is 0 Å². The van der Waals surface area contributed by atoms with Gasteiger partial charge in [0.2, 0.25) is 5.91 Å². The van der Waals surface area contributed by atoms with Gasteiger partial charge in [0.05, 0.1) is 32.0 Å². The standard InChI is InChI=1S/C13H14N2O5S/c1-19-13(18)9(16)6-14-11(17)5-8-7-21-12(15-8)10-3-2-4-20-10/h2-4,7,9,16H,5-6H2,1H3,(H,14,17). The van der Waals surface area contributed by atoms with Crippen LogP contribution in [-0.2, 0) is 20.7 Å². The van der Waals surface area contributed by atoms with Gasteiger partial charge in [-0.05, 0) is 12.1 Å². The summed E-state index contributed by atoms with van der Waals surface area (Å²) in [5.74, 6) is -0.480. The first-order valence-corrected chi connectivity index (χ1v) is 6.99. The number of carbonyl (C=O) groups is 2. The van der Waals surface area contributed by atoms with E-state index in [2.05, 4.69) is 15.0 Å². The molecule has 0 fully saturated rings. The Labute approximate surface area is 124 Å². The monoisotopic (exact) mass is 310 g/mol. The molecule has 8 heteroatoms. The van der Waals surface area contributed by atoms with Crippen LogP contribution in [0.1, 0.15) is 5.69 Å². The van der Waals surface area contributed by atoms with Gasteiger partial charge in [0.1, 0.15) is 0 Å². The number of rotatable bonds is 6. The van der Waals surface area contributed by atoms with Crippen LogP contribution in [0.3, 0.4) is 0 Å². The second-order valence-electron chi connectivity index (χ2n) is 4.14. The maximum absolute atomic E-state index is 11.7. The Morgan fingerprint density at radius 1 is 1.57 bits per heavy atom. The summed E-state index contributed by atoms with van der Waals surface area (Å²) in [5, 5.41) is 14.2. The molecular formula is C13H14N2O5S. The van der Waals surface area contributed by atoms with Crippen LogP contribution in [-0.4, -0.2) is 41.7 Å². The van der Waals surface area contributed by atoms with E-state index >= 15 is 0 Å². The molecule has 0 bridgehead atoms. The summed E-state index contributed by atoms with van der Waals surface area (Å²) >= 11 is 1.37. The van der Waals surface area contributed by atoms with Gasteiger partial charge in [-0.25, -0.2) is 9.78 Å². The van der Waals surface area contributed by atoms with Crippen molar-refractivity contribution in [2.75, 3.05) is 13.7 Å². The summed E-state index contributed by atoms with van der Waals surface area (Å²) in [6.07, 6.45) is 0.246. The molecule has 112 valence electrons. The molecule has 0 aromatic carbocycles. The van der Waals surface area contributed by atoms with Crippen LogP contribution in [0.2, 0.25) is 0 Å². The SMILES string of the molecule is COC(=O)C(O)CNC(=O)Cc1csc(-c2ccco2)n1. The number of aromatic nitrogens is 1. The summed E-state index contributed by atoms with van der Waals surface area (Å²) < 4.78 is 9.56. The Bertz CT molecular complexity index is 608. The Morgan fingerprint density at radius 3 is 3.05 bits per heavy atom. The minimum Gasteiger partial charge on any atom is -0.467 e. The van der Waals surface area contributed by atoms with Gasteiger partial charge in [-0.15, -0.1) is 11.3 Å². The quantitative estimate of drug-likeness (QED) is 0.757. The zero-order valence-electron chi connectivity index (χ0n) is 11.2. The number of esters is 1. The van der Waals surface area contributed by atoms with Crippen molar-refractivity contribution < 1.29 is 23.8 Å². The Kier molecular flexibility index (Phi) is 5.07. The van der Waals surface area contributed by atoms with Gasteiger partial charge in [-0.3, -0.25) is 4.79 Å². The molecule has 7 nitrogen and oxygen atoms in total. The Morgan fingerprint density at radius 2 is 2.38 bits per heavy atom. The van der Waals surface area contributed by atoms with Crippen molar-refractivity contribution in [3.05, 3.63) is 29.5 Å². The van der Waals surface area contributed by atoms with E-state index in [0.29, 0.717) is 16.5 Å². The van der Waals surface area contributed by atoms with E-state index in [1.54, 1.807) is 23.8 Å². The van der Waals surface area contributed by atoms with Gasteiger partial charge >= 0.3 is 5.97 Å². The number of nitrogens with one attached hydrogen (secondary N) is 1. The van der Waals surface area contributed by atoms with E-state index in [0.717, 1.165) is 0 Å². The molecule has 1 unspecified atom stereocenters. The second-order valence-corrected chi connectivity index (χ2v) is 5.00. The summed E-state index contributed by atoms with van der Waals surface area (Å²) in [6, 6.07) is 3.55. The van der Waals surface area contributed by atoms with Gasteiger partial charge < -0.3 is 19.6 Å². The van der Waals surface area contributed by atoms with Gasteiger partial charge in [0.25, 0.3) is 0 Å². The topological polar surface area (TPSA) is 102 Å². The molecule has 0 radical (unpaired) electrons. The smallest absolute Gasteiger partial charge is 0.336 e. The van der Waals surface area contributed by atoms with E-state index in [1.807, 2.05) is 0 Å². The molecule has 0 aliphatic rings. The molecule has 2 N–H and O–H groups in total. The second kappa shape index (κ2) is 7.00. The number of nitrogens with zero attached hydrogens (tertiary/aromatic N) is 1. The molecule has 0 saturated carbocycles. The molecule has 21 heavy (non-hydrogen) atoms. The molecule has 2 aromatic rings. The summed E-state index contributed by atoms with van der Waals surface area (Å²) in [4.78, 5) is 26.9. The fourth-order valence-electron chi connectivity index (χ4n) is 1.56. The van der Waals surface area contributed by atoms with E-state index in [9.17, 15) is 14.7 Å². The van der Waals surface area contributed by atoms with Gasteiger partial charge in [0, 0.05) is 5.38 Å². The van der Waals surface area contributed by atoms with Crippen LogP contribution in [0.15, 0.2) is 28.2 Å². The summed E-state index contributed by atoms with van der Waals surface area (Å²) in [7, 11) is 1.17. The normalized spacial score (nSPS) is 11.9. The zero-order chi connectivity index (χ0) is 15.2. The molecule has 0 spiro atoms. The van der Waals surface area contributed by atoms with Crippen LogP contribution in [0.4, 0.5) is 0 Å². The lowest BCUT2D eigenvalue weighted by Crippen LogP contribution is -2.37. The minimum atomic E-state index is -1.37. The van der Waals surface area contributed by atoms with E-state index < -0.39 is 12.1 Å². The van der Waals surface area contributed by atoms with Gasteiger partial charge in [0.15, 0.2) is 16.9 Å². The summed E-state index contributed by atoms with van der Waals surface area (Å²) in [5.41, 5.74) is 0.594. The van der Waals surface area contributed by atoms with Crippen molar-refractivity contribution in [1.82, 2.24) is 10.3 Å². The summed E-state index contributed by atoms with van der Waals surface area (Å²) in [6.45, 7) is -0.194. The lowest BCUT2D eigenvalue weighted by atomic mass is 10.3. The molecule has 0 aliphatic carbocycles. The lowest BCUT2D eigenvalue weighted by molar-refractivity contribution is -0.150. The molecule has 0 aliphatic heterocycles. The predicted octanol–water partition coefficient (Wildman–Crippen LogP) is 0.596. The van der Waals surface area contributed by atoms with Crippen LogP contribution in [0.25, 0.3) is 10.8 Å². The first-order chi connectivity index (χ1) is 10.1. The number of furan rings is 1. The lowest BCUT2D eigenvalue weighted by Gasteiger charge is -2.09. The number of ether oxygens (including phenoxy) is 1. The zero-order valence-corrected chi connectivity index (χ0v) is 12.1. The molecule has 0 saturated heterocycles. The third-order valence-corrected chi connectivity index (χ3v) is 3.50. The fraction of sp³-hybridized carbons (Fsp3) is 0.308. The van der Waals surface area contributed by atoms with Crippen molar-refractivity contribution in [2.24, 2.45) is 0 Å². The number of methoxy groups -OCH3 is 1. The average molecular weight is 310 g/mol. The van der Waals surface area contributed by atoms with Crippen molar-refractivity contribution in [3.63, 3.8) is 0 Å². The fourth-order valence-corrected chi connectivity index (χ4v) is 2.34.